The number of nitrogens with zero attached hydrogens (tertiary/aromatic N) is 2. The van der Waals surface area contributed by atoms with E-state index in [-0.39, 0.29) is 0 Å². The van der Waals surface area contributed by atoms with E-state index in [4.69, 9.17) is 11.6 Å². The van der Waals surface area contributed by atoms with Gasteiger partial charge in [0.25, 0.3) is 0 Å². The molecule has 3 nitrogen and oxygen atoms in total. The van der Waals surface area contributed by atoms with E-state index in [2.05, 4.69) is 43.5 Å². The lowest BCUT2D eigenvalue weighted by Gasteiger charge is -2.18. The quantitative estimate of drug-likeness (QED) is 0.792. The zero-order valence-electron chi connectivity index (χ0n) is 11.0. The summed E-state index contributed by atoms with van der Waals surface area (Å²) in [5.74, 6) is 1.11. The second-order valence-corrected chi connectivity index (χ2v) is 6.10. The third kappa shape index (κ3) is 3.70. The molecule has 5 heteroatoms. The van der Waals surface area contributed by atoms with Gasteiger partial charge in [-0.25, -0.2) is 4.98 Å². The number of aryl methyl sites for hydroxylation is 2. The van der Waals surface area contributed by atoms with E-state index in [0.717, 1.165) is 23.7 Å². The molecule has 0 bridgehead atoms. The van der Waals surface area contributed by atoms with Crippen molar-refractivity contribution in [3.05, 3.63) is 50.6 Å². The van der Waals surface area contributed by atoms with E-state index in [1.165, 1.54) is 9.13 Å². The van der Waals surface area contributed by atoms with Crippen LogP contribution in [0.15, 0.2) is 30.6 Å². The molecule has 1 heterocycles. The van der Waals surface area contributed by atoms with Crippen LogP contribution in [0, 0.1) is 3.57 Å². The molecule has 102 valence electrons. The Morgan fingerprint density at radius 3 is 2.89 bits per heavy atom. The molecule has 19 heavy (non-hydrogen) atoms. The summed E-state index contributed by atoms with van der Waals surface area (Å²) in [5.41, 5.74) is 1.25. The number of hydrogen-bond acceptors (Lipinski definition) is 2. The second-order valence-electron chi connectivity index (χ2n) is 4.50. The Kier molecular flexibility index (Phi) is 5.24. The van der Waals surface area contributed by atoms with E-state index < -0.39 is 0 Å². The van der Waals surface area contributed by atoms with Crippen LogP contribution in [0.25, 0.3) is 0 Å². The molecule has 0 radical (unpaired) electrons. The van der Waals surface area contributed by atoms with Crippen LogP contribution < -0.4 is 5.32 Å². The van der Waals surface area contributed by atoms with Crippen LogP contribution in [-0.4, -0.2) is 16.6 Å². The van der Waals surface area contributed by atoms with Crippen molar-refractivity contribution >= 4 is 34.2 Å². The summed E-state index contributed by atoms with van der Waals surface area (Å²) in [4.78, 5) is 4.36. The van der Waals surface area contributed by atoms with Gasteiger partial charge in [-0.1, -0.05) is 11.6 Å². The first kappa shape index (κ1) is 14.8. The predicted molar refractivity (Wildman–Crippen MR) is 87.5 cm³/mol. The third-order valence-corrected chi connectivity index (χ3v) is 4.48. The minimum atomic E-state index is 0.294. The zero-order valence-corrected chi connectivity index (χ0v) is 13.9. The van der Waals surface area contributed by atoms with Crippen molar-refractivity contribution < 1.29 is 0 Å². The normalized spacial score (nSPS) is 12.6. The Hall–Kier alpha value is -0.590. The van der Waals surface area contributed by atoms with Crippen LogP contribution in [0.4, 0.5) is 0 Å². The molecule has 1 aromatic carbocycles. The van der Waals surface area contributed by atoms with Crippen molar-refractivity contribution in [2.45, 2.75) is 18.9 Å². The maximum atomic E-state index is 6.10. The first-order valence-corrected chi connectivity index (χ1v) is 7.66. The highest BCUT2D eigenvalue weighted by atomic mass is 127. The van der Waals surface area contributed by atoms with Crippen LogP contribution in [0.1, 0.15) is 23.9 Å². The molecule has 1 N–H and O–H groups in total. The summed E-state index contributed by atoms with van der Waals surface area (Å²) in [6.07, 6.45) is 5.76. The highest BCUT2D eigenvalue weighted by molar-refractivity contribution is 14.1. The third-order valence-electron chi connectivity index (χ3n) is 3.26. The fraction of sp³-hybridized carbons (Fsp3) is 0.357. The molecule has 0 aliphatic rings. The van der Waals surface area contributed by atoms with Gasteiger partial charge < -0.3 is 9.88 Å². The van der Waals surface area contributed by atoms with Crippen molar-refractivity contribution in [3.8, 4) is 0 Å². The standard InChI is InChI=1S/C14H17ClIN3/c1-17-13(5-6-14-18-7-8-19(14)2)11-9-10(15)3-4-12(11)16/h3-4,7-9,13,17H,5-6H2,1-2H3. The maximum absolute atomic E-state index is 6.10. The number of hydrogen-bond donors (Lipinski definition) is 1. The summed E-state index contributed by atoms with van der Waals surface area (Å²) >= 11 is 8.45. The molecular weight excluding hydrogens is 373 g/mol. The SMILES string of the molecule is CNC(CCc1nccn1C)c1cc(Cl)ccc1I. The molecule has 1 aromatic heterocycles. The average Bonchev–Trinajstić information content (AvgIpc) is 2.80. The summed E-state index contributed by atoms with van der Waals surface area (Å²) in [6.45, 7) is 0. The van der Waals surface area contributed by atoms with Crippen molar-refractivity contribution in [1.82, 2.24) is 14.9 Å². The van der Waals surface area contributed by atoms with Crippen LogP contribution >= 0.6 is 34.2 Å². The molecule has 0 fully saturated rings. The molecule has 1 atom stereocenters. The summed E-state index contributed by atoms with van der Waals surface area (Å²) < 4.78 is 3.30. The van der Waals surface area contributed by atoms with Crippen molar-refractivity contribution in [2.24, 2.45) is 7.05 Å². The predicted octanol–water partition coefficient (Wildman–Crippen LogP) is 3.57. The molecule has 0 amide bonds. The van der Waals surface area contributed by atoms with Crippen LogP contribution in [0.5, 0.6) is 0 Å². The Labute approximate surface area is 132 Å². The molecule has 0 saturated carbocycles. The lowest BCUT2D eigenvalue weighted by atomic mass is 10.0. The Balaban J connectivity index is 2.12. The fourth-order valence-corrected chi connectivity index (χ4v) is 3.04. The van der Waals surface area contributed by atoms with E-state index >= 15 is 0 Å². The van der Waals surface area contributed by atoms with Crippen molar-refractivity contribution in [1.29, 1.82) is 0 Å². The maximum Gasteiger partial charge on any atom is 0.108 e. The number of benzene rings is 1. The van der Waals surface area contributed by atoms with Gasteiger partial charge >= 0.3 is 0 Å². The molecule has 1 unspecified atom stereocenters. The largest absolute Gasteiger partial charge is 0.338 e. The zero-order chi connectivity index (χ0) is 13.8. The topological polar surface area (TPSA) is 29.9 Å². The smallest absolute Gasteiger partial charge is 0.108 e. The molecule has 0 aliphatic carbocycles. The Morgan fingerprint density at radius 1 is 1.47 bits per heavy atom. The number of halogens is 2. The fourth-order valence-electron chi connectivity index (χ4n) is 2.15. The first-order chi connectivity index (χ1) is 9.11. The van der Waals surface area contributed by atoms with Gasteiger partial charge in [-0.2, -0.15) is 0 Å². The number of aromatic nitrogens is 2. The summed E-state index contributed by atoms with van der Waals surface area (Å²) in [5, 5.41) is 4.15. The van der Waals surface area contributed by atoms with Gasteiger partial charge in [0.2, 0.25) is 0 Å². The lowest BCUT2D eigenvalue weighted by molar-refractivity contribution is 0.534. The molecule has 0 spiro atoms. The highest BCUT2D eigenvalue weighted by Crippen LogP contribution is 2.26. The summed E-state index contributed by atoms with van der Waals surface area (Å²) in [7, 11) is 4.01. The second kappa shape index (κ2) is 6.72. The minimum Gasteiger partial charge on any atom is -0.338 e. The van der Waals surface area contributed by atoms with Gasteiger partial charge in [0.15, 0.2) is 0 Å². The number of rotatable bonds is 5. The molecule has 2 aromatic rings. The molecule has 2 rings (SSSR count). The van der Waals surface area contributed by atoms with Gasteiger partial charge in [-0.3, -0.25) is 0 Å². The Bertz CT molecular complexity index is 553. The van der Waals surface area contributed by atoms with Gasteiger partial charge in [0.05, 0.1) is 0 Å². The van der Waals surface area contributed by atoms with Crippen LogP contribution in [0.3, 0.4) is 0 Å². The van der Waals surface area contributed by atoms with Crippen LogP contribution in [0.2, 0.25) is 5.02 Å². The van der Waals surface area contributed by atoms with E-state index in [0.29, 0.717) is 6.04 Å². The average molecular weight is 390 g/mol. The van der Waals surface area contributed by atoms with Crippen molar-refractivity contribution in [3.63, 3.8) is 0 Å². The van der Waals surface area contributed by atoms with E-state index in [9.17, 15) is 0 Å². The molecule has 0 aliphatic heterocycles. The van der Waals surface area contributed by atoms with E-state index in [1.54, 1.807) is 0 Å². The number of nitrogens with one attached hydrogen (secondary N) is 1. The Morgan fingerprint density at radius 2 is 2.26 bits per heavy atom. The van der Waals surface area contributed by atoms with Gasteiger partial charge in [0, 0.05) is 40.5 Å². The van der Waals surface area contributed by atoms with E-state index in [1.807, 2.05) is 38.6 Å². The highest BCUT2D eigenvalue weighted by Gasteiger charge is 2.14. The monoisotopic (exact) mass is 389 g/mol. The van der Waals surface area contributed by atoms with Crippen molar-refractivity contribution in [2.75, 3.05) is 7.05 Å². The van der Waals surface area contributed by atoms with Gasteiger partial charge in [-0.05, 0) is 59.8 Å². The lowest BCUT2D eigenvalue weighted by Crippen LogP contribution is -2.19. The minimum absolute atomic E-state index is 0.294. The van der Waals surface area contributed by atoms with Crippen LogP contribution in [-0.2, 0) is 13.5 Å². The van der Waals surface area contributed by atoms with Gasteiger partial charge in [-0.15, -0.1) is 0 Å². The summed E-state index contributed by atoms with van der Waals surface area (Å²) in [6, 6.07) is 6.33. The molecule has 0 saturated heterocycles. The first-order valence-electron chi connectivity index (χ1n) is 6.20. The van der Waals surface area contributed by atoms with Gasteiger partial charge in [0.1, 0.15) is 5.82 Å². The molecular formula is C14H17ClIN3. The number of imidazole rings is 1.